The van der Waals surface area contributed by atoms with E-state index in [-0.39, 0.29) is 23.7 Å². The normalized spacial score (nSPS) is 18.7. The molecule has 0 N–H and O–H groups in total. The van der Waals surface area contributed by atoms with E-state index in [1.165, 1.54) is 12.1 Å². The molecule has 0 bridgehead atoms. The van der Waals surface area contributed by atoms with Gasteiger partial charge in [0.15, 0.2) is 0 Å². The Hall–Kier alpha value is -1.42. The zero-order valence-corrected chi connectivity index (χ0v) is 10.8. The van der Waals surface area contributed by atoms with Crippen LogP contribution in [0.3, 0.4) is 0 Å². The van der Waals surface area contributed by atoms with E-state index in [4.69, 9.17) is 4.74 Å². The summed E-state index contributed by atoms with van der Waals surface area (Å²) in [6, 6.07) is 6.18. The maximum Gasteiger partial charge on any atom is 0.227 e. The Bertz CT molecular complexity index is 445. The van der Waals surface area contributed by atoms with Crippen molar-refractivity contribution in [1.82, 2.24) is 4.90 Å². The second-order valence-electron chi connectivity index (χ2n) is 5.23. The molecule has 1 aliphatic rings. The van der Waals surface area contributed by atoms with Gasteiger partial charge in [0.1, 0.15) is 5.82 Å². The number of hydrogen-bond donors (Lipinski definition) is 0. The zero-order valence-electron chi connectivity index (χ0n) is 10.8. The molecule has 0 spiro atoms. The smallest absolute Gasteiger partial charge is 0.227 e. The molecule has 0 radical (unpaired) electrons. The summed E-state index contributed by atoms with van der Waals surface area (Å²) in [5.74, 6) is -0.278. The summed E-state index contributed by atoms with van der Waals surface area (Å²) in [5.41, 5.74) is 0.417. The molecule has 1 aliphatic heterocycles. The predicted octanol–water partition coefficient (Wildman–Crippen LogP) is 2.01. The third-order valence-electron chi connectivity index (χ3n) is 3.02. The lowest BCUT2D eigenvalue weighted by atomic mass is 10.1. The highest BCUT2D eigenvalue weighted by Gasteiger charge is 2.29. The summed E-state index contributed by atoms with van der Waals surface area (Å²) >= 11 is 0. The van der Waals surface area contributed by atoms with Crippen LogP contribution in [0.25, 0.3) is 0 Å². The molecule has 1 saturated heterocycles. The van der Waals surface area contributed by atoms with Crippen molar-refractivity contribution in [3.8, 4) is 0 Å². The summed E-state index contributed by atoms with van der Waals surface area (Å²) in [6.07, 6.45) is 0.244. The molecule has 0 unspecified atom stereocenters. The topological polar surface area (TPSA) is 29.5 Å². The highest BCUT2D eigenvalue weighted by molar-refractivity contribution is 5.79. The fourth-order valence-corrected chi connectivity index (χ4v) is 2.16. The highest BCUT2D eigenvalue weighted by Crippen LogP contribution is 2.17. The first kappa shape index (κ1) is 13.0. The minimum Gasteiger partial charge on any atom is -0.372 e. The average molecular weight is 251 g/mol. The standard InChI is InChI=1S/C14H18FNO2/c1-14(2)10-16(6-7-18-14)13(17)9-11-4-3-5-12(15)8-11/h3-5,8H,6-7,9-10H2,1-2H3. The van der Waals surface area contributed by atoms with Crippen LogP contribution in [0, 0.1) is 5.82 Å². The SMILES string of the molecule is CC1(C)CN(C(=O)Cc2cccc(F)c2)CCO1. The lowest BCUT2D eigenvalue weighted by Gasteiger charge is -2.38. The van der Waals surface area contributed by atoms with E-state index < -0.39 is 0 Å². The van der Waals surface area contributed by atoms with Crippen LogP contribution in [-0.2, 0) is 16.0 Å². The van der Waals surface area contributed by atoms with E-state index in [0.29, 0.717) is 25.3 Å². The minimum absolute atomic E-state index is 0.0250. The van der Waals surface area contributed by atoms with Crippen LogP contribution in [0.4, 0.5) is 4.39 Å². The summed E-state index contributed by atoms with van der Waals surface area (Å²) < 4.78 is 18.6. The summed E-state index contributed by atoms with van der Waals surface area (Å²) in [7, 11) is 0. The van der Waals surface area contributed by atoms with Gasteiger partial charge in [-0.1, -0.05) is 12.1 Å². The molecule has 3 nitrogen and oxygen atoms in total. The van der Waals surface area contributed by atoms with Crippen molar-refractivity contribution in [1.29, 1.82) is 0 Å². The van der Waals surface area contributed by atoms with Crippen molar-refractivity contribution in [2.45, 2.75) is 25.9 Å². The number of morpholine rings is 1. The molecular weight excluding hydrogens is 233 g/mol. The first-order valence-electron chi connectivity index (χ1n) is 6.12. The number of ether oxygens (including phenoxy) is 1. The maximum absolute atomic E-state index is 13.0. The van der Waals surface area contributed by atoms with Gasteiger partial charge >= 0.3 is 0 Å². The van der Waals surface area contributed by atoms with Gasteiger partial charge in [-0.05, 0) is 31.5 Å². The third kappa shape index (κ3) is 3.29. The Morgan fingerprint density at radius 1 is 1.50 bits per heavy atom. The van der Waals surface area contributed by atoms with E-state index in [2.05, 4.69) is 0 Å². The Morgan fingerprint density at radius 2 is 2.28 bits per heavy atom. The van der Waals surface area contributed by atoms with Crippen LogP contribution in [0.15, 0.2) is 24.3 Å². The number of halogens is 1. The zero-order chi connectivity index (χ0) is 13.2. The molecule has 2 rings (SSSR count). The van der Waals surface area contributed by atoms with Crippen molar-refractivity contribution in [2.75, 3.05) is 19.7 Å². The van der Waals surface area contributed by atoms with E-state index in [1.54, 1.807) is 17.0 Å². The van der Waals surface area contributed by atoms with Crippen LogP contribution in [0.1, 0.15) is 19.4 Å². The molecule has 1 amide bonds. The number of rotatable bonds is 2. The number of hydrogen-bond acceptors (Lipinski definition) is 2. The molecular formula is C14H18FNO2. The van der Waals surface area contributed by atoms with Crippen LogP contribution >= 0.6 is 0 Å². The van der Waals surface area contributed by atoms with Gasteiger partial charge in [-0.25, -0.2) is 4.39 Å². The number of carbonyl (C=O) groups excluding carboxylic acids is 1. The second-order valence-corrected chi connectivity index (χ2v) is 5.23. The van der Waals surface area contributed by atoms with Crippen molar-refractivity contribution >= 4 is 5.91 Å². The van der Waals surface area contributed by atoms with E-state index in [1.807, 2.05) is 13.8 Å². The van der Waals surface area contributed by atoms with Crippen molar-refractivity contribution < 1.29 is 13.9 Å². The first-order valence-corrected chi connectivity index (χ1v) is 6.12. The van der Waals surface area contributed by atoms with Crippen molar-refractivity contribution in [2.24, 2.45) is 0 Å². The van der Waals surface area contributed by atoms with Crippen molar-refractivity contribution in [3.63, 3.8) is 0 Å². The molecule has 0 aromatic heterocycles. The highest BCUT2D eigenvalue weighted by atomic mass is 19.1. The number of nitrogens with zero attached hydrogens (tertiary/aromatic N) is 1. The number of benzene rings is 1. The number of carbonyl (C=O) groups is 1. The Morgan fingerprint density at radius 3 is 2.94 bits per heavy atom. The molecule has 1 aromatic carbocycles. The van der Waals surface area contributed by atoms with E-state index in [9.17, 15) is 9.18 Å². The van der Waals surface area contributed by atoms with E-state index >= 15 is 0 Å². The van der Waals surface area contributed by atoms with Crippen LogP contribution in [-0.4, -0.2) is 36.1 Å². The monoisotopic (exact) mass is 251 g/mol. The van der Waals surface area contributed by atoms with Gasteiger partial charge in [0, 0.05) is 13.1 Å². The molecule has 1 aromatic rings. The van der Waals surface area contributed by atoms with Crippen molar-refractivity contribution in [3.05, 3.63) is 35.6 Å². The third-order valence-corrected chi connectivity index (χ3v) is 3.02. The van der Waals surface area contributed by atoms with Gasteiger partial charge in [-0.3, -0.25) is 4.79 Å². The van der Waals surface area contributed by atoms with Crippen LogP contribution < -0.4 is 0 Å². The van der Waals surface area contributed by atoms with Gasteiger partial charge in [-0.15, -0.1) is 0 Å². The van der Waals surface area contributed by atoms with Crippen LogP contribution in [0.5, 0.6) is 0 Å². The van der Waals surface area contributed by atoms with Gasteiger partial charge in [0.05, 0.1) is 18.6 Å². The summed E-state index contributed by atoms with van der Waals surface area (Å²) in [6.45, 7) is 5.68. The molecule has 0 atom stereocenters. The largest absolute Gasteiger partial charge is 0.372 e. The Labute approximate surface area is 107 Å². The minimum atomic E-state index is -0.303. The summed E-state index contributed by atoms with van der Waals surface area (Å²) in [4.78, 5) is 13.9. The molecule has 0 saturated carbocycles. The first-order chi connectivity index (χ1) is 8.46. The quantitative estimate of drug-likeness (QED) is 0.804. The molecule has 18 heavy (non-hydrogen) atoms. The predicted molar refractivity (Wildman–Crippen MR) is 66.7 cm³/mol. The molecule has 0 aliphatic carbocycles. The van der Waals surface area contributed by atoms with E-state index in [0.717, 1.165) is 0 Å². The Balaban J connectivity index is 2.00. The fraction of sp³-hybridized carbons (Fsp3) is 0.500. The van der Waals surface area contributed by atoms with Crippen LogP contribution in [0.2, 0.25) is 0 Å². The Kier molecular flexibility index (Phi) is 3.66. The maximum atomic E-state index is 13.0. The lowest BCUT2D eigenvalue weighted by Crippen LogP contribution is -2.51. The lowest BCUT2D eigenvalue weighted by molar-refractivity contribution is -0.145. The molecule has 98 valence electrons. The fourth-order valence-electron chi connectivity index (χ4n) is 2.16. The van der Waals surface area contributed by atoms with Gasteiger partial charge < -0.3 is 9.64 Å². The number of amides is 1. The molecule has 4 heteroatoms. The molecule has 1 fully saturated rings. The molecule has 1 heterocycles. The van der Waals surface area contributed by atoms with Gasteiger partial charge in [0.25, 0.3) is 0 Å². The van der Waals surface area contributed by atoms with Gasteiger partial charge in [0.2, 0.25) is 5.91 Å². The van der Waals surface area contributed by atoms with Gasteiger partial charge in [-0.2, -0.15) is 0 Å². The average Bonchev–Trinajstić information content (AvgIpc) is 2.27. The summed E-state index contributed by atoms with van der Waals surface area (Å²) in [5, 5.41) is 0. The second kappa shape index (κ2) is 5.06.